The van der Waals surface area contributed by atoms with Gasteiger partial charge in [-0.15, -0.1) is 0 Å². The molecule has 3 N–H and O–H groups in total. The summed E-state index contributed by atoms with van der Waals surface area (Å²) in [6.07, 6.45) is 3.66. The van der Waals surface area contributed by atoms with Crippen LogP contribution in [-0.4, -0.2) is 28.5 Å². The molecular formula is C11H18N4O. The van der Waals surface area contributed by atoms with Crippen LogP contribution in [0.2, 0.25) is 0 Å². The Morgan fingerprint density at radius 1 is 1.62 bits per heavy atom. The molecule has 2 atom stereocenters. The highest BCUT2D eigenvalue weighted by Crippen LogP contribution is 2.29. The molecule has 1 aromatic heterocycles. The minimum Gasteiger partial charge on any atom is -0.369 e. The zero-order valence-electron chi connectivity index (χ0n) is 9.68. The lowest BCUT2D eigenvalue weighted by molar-refractivity contribution is -0.121. The van der Waals surface area contributed by atoms with Gasteiger partial charge < -0.3 is 15.6 Å². The Bertz CT molecular complexity index is 385. The van der Waals surface area contributed by atoms with Gasteiger partial charge in [0.2, 0.25) is 5.91 Å². The minimum atomic E-state index is -0.230. The Morgan fingerprint density at radius 2 is 2.38 bits per heavy atom. The SMILES string of the molecule is CC(C)n1cncc1C1CNCC1C(N)=O. The van der Waals surface area contributed by atoms with E-state index in [1.807, 2.05) is 12.5 Å². The summed E-state index contributed by atoms with van der Waals surface area (Å²) in [5.74, 6) is -0.192. The number of amides is 1. The van der Waals surface area contributed by atoms with E-state index in [-0.39, 0.29) is 17.7 Å². The number of carbonyl (C=O) groups is 1. The number of nitrogens with one attached hydrogen (secondary N) is 1. The molecule has 0 aromatic carbocycles. The first kappa shape index (κ1) is 11.1. The lowest BCUT2D eigenvalue weighted by Crippen LogP contribution is -2.29. The van der Waals surface area contributed by atoms with Crippen molar-refractivity contribution in [2.24, 2.45) is 11.7 Å². The Morgan fingerprint density at radius 3 is 3.00 bits per heavy atom. The smallest absolute Gasteiger partial charge is 0.222 e. The molecule has 0 saturated carbocycles. The van der Waals surface area contributed by atoms with Crippen molar-refractivity contribution in [1.82, 2.24) is 14.9 Å². The van der Waals surface area contributed by atoms with Crippen LogP contribution in [0.3, 0.4) is 0 Å². The molecule has 0 bridgehead atoms. The molecule has 16 heavy (non-hydrogen) atoms. The van der Waals surface area contributed by atoms with Crippen LogP contribution < -0.4 is 11.1 Å². The lowest BCUT2D eigenvalue weighted by Gasteiger charge is -2.19. The summed E-state index contributed by atoms with van der Waals surface area (Å²) in [4.78, 5) is 15.5. The number of rotatable bonds is 3. The summed E-state index contributed by atoms with van der Waals surface area (Å²) in [6, 6.07) is 0.353. The van der Waals surface area contributed by atoms with Gasteiger partial charge in [0.15, 0.2) is 0 Å². The van der Waals surface area contributed by atoms with Crippen LogP contribution in [0, 0.1) is 5.92 Å². The van der Waals surface area contributed by atoms with Crippen LogP contribution in [0.25, 0.3) is 0 Å². The summed E-state index contributed by atoms with van der Waals surface area (Å²) < 4.78 is 2.10. The second-order valence-electron chi connectivity index (χ2n) is 4.59. The van der Waals surface area contributed by atoms with Crippen LogP contribution in [0.5, 0.6) is 0 Å². The summed E-state index contributed by atoms with van der Waals surface area (Å²) in [5.41, 5.74) is 6.51. The molecule has 0 radical (unpaired) electrons. The van der Waals surface area contributed by atoms with Crippen LogP contribution >= 0.6 is 0 Å². The van der Waals surface area contributed by atoms with Gasteiger partial charge in [-0.25, -0.2) is 4.98 Å². The van der Waals surface area contributed by atoms with Gasteiger partial charge in [0.25, 0.3) is 0 Å². The van der Waals surface area contributed by atoms with E-state index in [1.54, 1.807) is 0 Å². The molecule has 1 aliphatic heterocycles. The molecule has 0 aliphatic carbocycles. The Labute approximate surface area is 95.0 Å². The number of imidazole rings is 1. The number of aromatic nitrogens is 2. The summed E-state index contributed by atoms with van der Waals surface area (Å²) in [6.45, 7) is 5.68. The zero-order chi connectivity index (χ0) is 11.7. The van der Waals surface area contributed by atoms with Crippen molar-refractivity contribution in [2.45, 2.75) is 25.8 Å². The maximum Gasteiger partial charge on any atom is 0.222 e. The maximum atomic E-state index is 11.3. The standard InChI is InChI=1S/C11H18N4O/c1-7(2)15-6-14-5-10(15)8-3-13-4-9(8)11(12)16/h5-9,13H,3-4H2,1-2H3,(H2,12,16). The van der Waals surface area contributed by atoms with Gasteiger partial charge in [-0.1, -0.05) is 0 Å². The first-order chi connectivity index (χ1) is 7.61. The van der Waals surface area contributed by atoms with Gasteiger partial charge in [-0.3, -0.25) is 4.79 Å². The number of nitrogens with two attached hydrogens (primary N) is 1. The van der Waals surface area contributed by atoms with Crippen molar-refractivity contribution in [3.05, 3.63) is 18.2 Å². The fourth-order valence-electron chi connectivity index (χ4n) is 2.32. The molecule has 5 nitrogen and oxygen atoms in total. The van der Waals surface area contributed by atoms with Gasteiger partial charge in [0.1, 0.15) is 0 Å². The highest BCUT2D eigenvalue weighted by atomic mass is 16.1. The van der Waals surface area contributed by atoms with E-state index in [2.05, 4.69) is 28.7 Å². The van der Waals surface area contributed by atoms with Crippen molar-refractivity contribution >= 4 is 5.91 Å². The van der Waals surface area contributed by atoms with Crippen LogP contribution in [0.4, 0.5) is 0 Å². The van der Waals surface area contributed by atoms with E-state index in [4.69, 9.17) is 5.73 Å². The van der Waals surface area contributed by atoms with E-state index in [0.717, 1.165) is 12.2 Å². The van der Waals surface area contributed by atoms with Gasteiger partial charge >= 0.3 is 0 Å². The zero-order valence-corrected chi connectivity index (χ0v) is 9.68. The summed E-state index contributed by atoms with van der Waals surface area (Å²) >= 11 is 0. The fraction of sp³-hybridized carbons (Fsp3) is 0.636. The second kappa shape index (κ2) is 4.25. The number of primary amides is 1. The van der Waals surface area contributed by atoms with Crippen LogP contribution in [0.15, 0.2) is 12.5 Å². The van der Waals surface area contributed by atoms with E-state index in [9.17, 15) is 4.79 Å². The summed E-state index contributed by atoms with van der Waals surface area (Å²) in [7, 11) is 0. The number of carbonyl (C=O) groups excluding carboxylic acids is 1. The quantitative estimate of drug-likeness (QED) is 0.770. The third kappa shape index (κ3) is 1.82. The number of nitrogens with zero attached hydrogens (tertiary/aromatic N) is 2. The topological polar surface area (TPSA) is 72.9 Å². The third-order valence-corrected chi connectivity index (χ3v) is 3.21. The highest BCUT2D eigenvalue weighted by molar-refractivity contribution is 5.78. The van der Waals surface area contributed by atoms with E-state index in [1.165, 1.54) is 0 Å². The van der Waals surface area contributed by atoms with Gasteiger partial charge in [0.05, 0.1) is 12.2 Å². The largest absolute Gasteiger partial charge is 0.369 e. The second-order valence-corrected chi connectivity index (χ2v) is 4.59. The van der Waals surface area contributed by atoms with E-state index >= 15 is 0 Å². The molecule has 1 fully saturated rings. The fourth-order valence-corrected chi connectivity index (χ4v) is 2.32. The maximum absolute atomic E-state index is 11.3. The van der Waals surface area contributed by atoms with Crippen LogP contribution in [0.1, 0.15) is 31.5 Å². The summed E-state index contributed by atoms with van der Waals surface area (Å²) in [5, 5.41) is 3.22. The first-order valence-electron chi connectivity index (χ1n) is 5.63. The molecule has 1 saturated heterocycles. The minimum absolute atomic E-state index is 0.116. The van der Waals surface area contributed by atoms with E-state index in [0.29, 0.717) is 12.6 Å². The molecular weight excluding hydrogens is 204 g/mol. The number of hydrogen-bond donors (Lipinski definition) is 2. The van der Waals surface area contributed by atoms with Crippen molar-refractivity contribution in [3.63, 3.8) is 0 Å². The van der Waals surface area contributed by atoms with Crippen molar-refractivity contribution in [1.29, 1.82) is 0 Å². The Balaban J connectivity index is 2.29. The average molecular weight is 222 g/mol. The molecule has 2 rings (SSSR count). The molecule has 2 unspecified atom stereocenters. The molecule has 1 amide bonds. The highest BCUT2D eigenvalue weighted by Gasteiger charge is 2.34. The van der Waals surface area contributed by atoms with E-state index < -0.39 is 0 Å². The van der Waals surface area contributed by atoms with Crippen LogP contribution in [-0.2, 0) is 4.79 Å². The predicted molar refractivity (Wildman–Crippen MR) is 60.9 cm³/mol. The molecule has 0 spiro atoms. The van der Waals surface area contributed by atoms with Crippen molar-refractivity contribution in [3.8, 4) is 0 Å². The van der Waals surface area contributed by atoms with Gasteiger partial charge in [-0.2, -0.15) is 0 Å². The van der Waals surface area contributed by atoms with Gasteiger partial charge in [-0.05, 0) is 13.8 Å². The molecule has 1 aromatic rings. The first-order valence-corrected chi connectivity index (χ1v) is 5.63. The Hall–Kier alpha value is -1.36. The van der Waals surface area contributed by atoms with Crippen molar-refractivity contribution in [2.75, 3.05) is 13.1 Å². The third-order valence-electron chi connectivity index (χ3n) is 3.21. The average Bonchev–Trinajstić information content (AvgIpc) is 2.85. The molecule has 2 heterocycles. The lowest BCUT2D eigenvalue weighted by atomic mass is 9.92. The monoisotopic (exact) mass is 222 g/mol. The predicted octanol–water partition coefficient (Wildman–Crippen LogP) is 0.252. The van der Waals surface area contributed by atoms with Gasteiger partial charge in [0, 0.05) is 36.9 Å². The number of hydrogen-bond acceptors (Lipinski definition) is 3. The normalized spacial score (nSPS) is 25.2. The van der Waals surface area contributed by atoms with Crippen molar-refractivity contribution < 1.29 is 4.79 Å². The molecule has 1 aliphatic rings. The Kier molecular flexibility index (Phi) is 2.96. The molecule has 5 heteroatoms. The molecule has 88 valence electrons.